The molecule has 2 aromatic rings. The van der Waals surface area contributed by atoms with Gasteiger partial charge in [0.1, 0.15) is 6.61 Å². The van der Waals surface area contributed by atoms with Crippen molar-refractivity contribution in [3.63, 3.8) is 0 Å². The Labute approximate surface area is 117 Å². The van der Waals surface area contributed by atoms with Gasteiger partial charge in [-0.25, -0.2) is 10.0 Å². The van der Waals surface area contributed by atoms with E-state index in [1.807, 2.05) is 30.3 Å². The van der Waals surface area contributed by atoms with Crippen LogP contribution >= 0.6 is 0 Å². The van der Waals surface area contributed by atoms with E-state index in [-0.39, 0.29) is 5.91 Å². The molecule has 104 valence electrons. The van der Waals surface area contributed by atoms with Crippen LogP contribution in [0.2, 0.25) is 0 Å². The van der Waals surface area contributed by atoms with E-state index in [1.165, 1.54) is 13.3 Å². The van der Waals surface area contributed by atoms with Gasteiger partial charge in [-0.1, -0.05) is 30.3 Å². The van der Waals surface area contributed by atoms with Gasteiger partial charge in [-0.3, -0.25) is 9.63 Å². The first kappa shape index (κ1) is 14.0. The Bertz CT molecular complexity index is 555. The van der Waals surface area contributed by atoms with Crippen LogP contribution < -0.4 is 4.74 Å². The van der Waals surface area contributed by atoms with Crippen molar-refractivity contribution in [2.75, 3.05) is 14.2 Å². The van der Waals surface area contributed by atoms with Crippen LogP contribution in [-0.4, -0.2) is 30.1 Å². The van der Waals surface area contributed by atoms with E-state index < -0.39 is 0 Å². The quantitative estimate of drug-likeness (QED) is 0.784. The van der Waals surface area contributed by atoms with Crippen LogP contribution in [0.1, 0.15) is 15.9 Å². The fourth-order valence-corrected chi connectivity index (χ4v) is 1.59. The third kappa shape index (κ3) is 3.55. The maximum atomic E-state index is 11.8. The molecule has 5 nitrogen and oxygen atoms in total. The maximum Gasteiger partial charge on any atom is 0.278 e. The van der Waals surface area contributed by atoms with Crippen molar-refractivity contribution in [3.05, 3.63) is 59.8 Å². The molecule has 2 rings (SSSR count). The first-order valence-electron chi connectivity index (χ1n) is 6.15. The predicted molar refractivity (Wildman–Crippen MR) is 74.1 cm³/mol. The molecule has 1 amide bonds. The third-order valence-corrected chi connectivity index (χ3v) is 2.77. The van der Waals surface area contributed by atoms with Crippen molar-refractivity contribution in [2.45, 2.75) is 6.61 Å². The summed E-state index contributed by atoms with van der Waals surface area (Å²) in [7, 11) is 2.98. The van der Waals surface area contributed by atoms with Gasteiger partial charge in [-0.2, -0.15) is 0 Å². The summed E-state index contributed by atoms with van der Waals surface area (Å²) in [6.45, 7) is 0.444. The van der Waals surface area contributed by atoms with Gasteiger partial charge < -0.3 is 4.74 Å². The van der Waals surface area contributed by atoms with Crippen molar-refractivity contribution < 1.29 is 14.4 Å². The average molecular weight is 272 g/mol. The SMILES string of the molecule is CON(C)C(=O)c1ccc(OCc2ccccc2)nc1. The molecule has 0 aliphatic carbocycles. The Kier molecular flexibility index (Phi) is 4.68. The van der Waals surface area contributed by atoms with E-state index in [0.717, 1.165) is 10.6 Å². The number of amides is 1. The predicted octanol–water partition coefficient (Wildman–Crippen LogP) is 2.29. The topological polar surface area (TPSA) is 51.7 Å². The smallest absolute Gasteiger partial charge is 0.278 e. The molecule has 1 heterocycles. The van der Waals surface area contributed by atoms with Crippen molar-refractivity contribution in [1.82, 2.24) is 10.0 Å². The number of nitrogens with zero attached hydrogens (tertiary/aromatic N) is 2. The summed E-state index contributed by atoms with van der Waals surface area (Å²) in [5, 5.41) is 1.14. The highest BCUT2D eigenvalue weighted by Crippen LogP contribution is 2.11. The molecular formula is C15H16N2O3. The highest BCUT2D eigenvalue weighted by atomic mass is 16.7. The minimum absolute atomic E-state index is 0.255. The zero-order valence-electron chi connectivity index (χ0n) is 11.4. The standard InChI is InChI=1S/C15H16N2O3/c1-17(19-2)15(18)13-8-9-14(16-10-13)20-11-12-6-4-3-5-7-12/h3-10H,11H2,1-2H3. The molecule has 0 saturated heterocycles. The van der Waals surface area contributed by atoms with Gasteiger partial charge in [0.2, 0.25) is 5.88 Å². The summed E-state index contributed by atoms with van der Waals surface area (Å²) in [6, 6.07) is 13.1. The van der Waals surface area contributed by atoms with E-state index in [2.05, 4.69) is 4.98 Å². The maximum absolute atomic E-state index is 11.8. The molecule has 0 spiro atoms. The number of benzene rings is 1. The Hall–Kier alpha value is -2.40. The van der Waals surface area contributed by atoms with Crippen molar-refractivity contribution in [3.8, 4) is 5.88 Å². The Morgan fingerprint density at radius 3 is 2.55 bits per heavy atom. The van der Waals surface area contributed by atoms with E-state index in [4.69, 9.17) is 9.57 Å². The summed E-state index contributed by atoms with van der Waals surface area (Å²) in [6.07, 6.45) is 1.47. The number of hydrogen-bond acceptors (Lipinski definition) is 4. The summed E-state index contributed by atoms with van der Waals surface area (Å²) < 4.78 is 5.55. The van der Waals surface area contributed by atoms with E-state index >= 15 is 0 Å². The fraction of sp³-hybridized carbons (Fsp3) is 0.200. The minimum Gasteiger partial charge on any atom is -0.473 e. The first-order chi connectivity index (χ1) is 9.70. The van der Waals surface area contributed by atoms with E-state index in [1.54, 1.807) is 19.2 Å². The number of rotatable bonds is 5. The van der Waals surface area contributed by atoms with E-state index in [0.29, 0.717) is 18.1 Å². The third-order valence-electron chi connectivity index (χ3n) is 2.77. The molecule has 0 saturated carbocycles. The van der Waals surface area contributed by atoms with Gasteiger partial charge in [-0.05, 0) is 11.6 Å². The normalized spacial score (nSPS) is 10.1. The molecule has 0 atom stereocenters. The highest BCUT2D eigenvalue weighted by molar-refractivity contribution is 5.93. The highest BCUT2D eigenvalue weighted by Gasteiger charge is 2.11. The number of carbonyl (C=O) groups is 1. The average Bonchev–Trinajstić information content (AvgIpc) is 2.53. The van der Waals surface area contributed by atoms with Crippen LogP contribution in [0.3, 0.4) is 0 Å². The summed E-state index contributed by atoms with van der Waals surface area (Å²) in [5.41, 5.74) is 1.51. The molecule has 0 fully saturated rings. The fourth-order valence-electron chi connectivity index (χ4n) is 1.59. The van der Waals surface area contributed by atoms with Crippen LogP contribution in [0.15, 0.2) is 48.7 Å². The lowest BCUT2D eigenvalue weighted by Gasteiger charge is -2.13. The number of hydroxylamine groups is 2. The zero-order chi connectivity index (χ0) is 14.4. The molecule has 0 bridgehead atoms. The Balaban J connectivity index is 1.96. The van der Waals surface area contributed by atoms with Gasteiger partial charge >= 0.3 is 0 Å². The zero-order valence-corrected chi connectivity index (χ0v) is 11.4. The van der Waals surface area contributed by atoms with Crippen molar-refractivity contribution >= 4 is 5.91 Å². The molecule has 1 aromatic carbocycles. The number of ether oxygens (including phenoxy) is 1. The van der Waals surface area contributed by atoms with Crippen LogP contribution in [0.4, 0.5) is 0 Å². The molecular weight excluding hydrogens is 256 g/mol. The van der Waals surface area contributed by atoms with Crippen LogP contribution in [0.5, 0.6) is 5.88 Å². The number of hydrogen-bond donors (Lipinski definition) is 0. The summed E-state index contributed by atoms with van der Waals surface area (Å²) in [5.74, 6) is 0.222. The van der Waals surface area contributed by atoms with Gasteiger partial charge in [0.05, 0.1) is 12.7 Å². The molecule has 0 aliphatic heterocycles. The molecule has 0 radical (unpaired) electrons. The van der Waals surface area contributed by atoms with Crippen molar-refractivity contribution in [2.24, 2.45) is 0 Å². The molecule has 0 N–H and O–H groups in total. The number of carbonyl (C=O) groups excluding carboxylic acids is 1. The van der Waals surface area contributed by atoms with E-state index in [9.17, 15) is 4.79 Å². The number of aromatic nitrogens is 1. The molecule has 1 aromatic heterocycles. The lowest BCUT2D eigenvalue weighted by Crippen LogP contribution is -2.25. The lowest BCUT2D eigenvalue weighted by molar-refractivity contribution is -0.0757. The van der Waals surface area contributed by atoms with Gasteiger partial charge in [0.25, 0.3) is 5.91 Å². The molecule has 5 heteroatoms. The van der Waals surface area contributed by atoms with Crippen LogP contribution in [0, 0.1) is 0 Å². The second kappa shape index (κ2) is 6.68. The summed E-state index contributed by atoms with van der Waals surface area (Å²) in [4.78, 5) is 20.7. The number of pyridine rings is 1. The van der Waals surface area contributed by atoms with Gasteiger partial charge in [0.15, 0.2) is 0 Å². The van der Waals surface area contributed by atoms with Crippen LogP contribution in [-0.2, 0) is 11.4 Å². The molecule has 0 unspecified atom stereocenters. The minimum atomic E-state index is -0.255. The second-order valence-electron chi connectivity index (χ2n) is 4.14. The molecule has 0 aliphatic rings. The lowest BCUT2D eigenvalue weighted by atomic mass is 10.2. The van der Waals surface area contributed by atoms with Crippen LogP contribution in [0.25, 0.3) is 0 Å². The molecule has 20 heavy (non-hydrogen) atoms. The van der Waals surface area contributed by atoms with Gasteiger partial charge in [-0.15, -0.1) is 0 Å². The Morgan fingerprint density at radius 1 is 1.20 bits per heavy atom. The summed E-state index contributed by atoms with van der Waals surface area (Å²) >= 11 is 0. The van der Waals surface area contributed by atoms with Gasteiger partial charge in [0, 0.05) is 19.3 Å². The monoisotopic (exact) mass is 272 g/mol. The second-order valence-corrected chi connectivity index (χ2v) is 4.14. The Morgan fingerprint density at radius 2 is 1.95 bits per heavy atom. The first-order valence-corrected chi connectivity index (χ1v) is 6.15. The van der Waals surface area contributed by atoms with Crippen molar-refractivity contribution in [1.29, 1.82) is 0 Å². The largest absolute Gasteiger partial charge is 0.473 e.